The maximum Gasteiger partial charge on any atom is 0.0928 e. The molecule has 0 amide bonds. The highest BCUT2D eigenvalue weighted by Crippen LogP contribution is 2.26. The van der Waals surface area contributed by atoms with Gasteiger partial charge in [-0.3, -0.25) is 0 Å². The quantitative estimate of drug-likeness (QED) is 0.836. The van der Waals surface area contributed by atoms with E-state index in [1.807, 2.05) is 13.0 Å². The second-order valence-electron chi connectivity index (χ2n) is 4.11. The van der Waals surface area contributed by atoms with Gasteiger partial charge in [-0.2, -0.15) is 0 Å². The number of rotatable bonds is 7. The predicted octanol–water partition coefficient (Wildman–Crippen LogP) is 3.31. The predicted molar refractivity (Wildman–Crippen MR) is 75.6 cm³/mol. The summed E-state index contributed by atoms with van der Waals surface area (Å²) in [7, 11) is 3.33. The van der Waals surface area contributed by atoms with E-state index in [0.717, 1.165) is 5.56 Å². The molecule has 0 fully saturated rings. The second-order valence-corrected chi connectivity index (χ2v) is 4.95. The van der Waals surface area contributed by atoms with Crippen LogP contribution in [0.5, 0.6) is 0 Å². The van der Waals surface area contributed by atoms with Gasteiger partial charge in [0.1, 0.15) is 0 Å². The van der Waals surface area contributed by atoms with Crippen molar-refractivity contribution < 1.29 is 9.47 Å². The lowest BCUT2D eigenvalue weighted by Gasteiger charge is -2.20. The standard InChI is InChI=1S/C13H19Cl2NO2/c1-9(16-7-11(18-3)8-17-2)12-6-10(14)4-5-13(12)15/h4-6,9,11,16H,7-8H2,1-3H3. The van der Waals surface area contributed by atoms with Crippen molar-refractivity contribution in [1.29, 1.82) is 0 Å². The first-order valence-corrected chi connectivity index (χ1v) is 6.54. The lowest BCUT2D eigenvalue weighted by Crippen LogP contribution is -2.33. The maximum atomic E-state index is 6.15. The number of hydrogen-bond donors (Lipinski definition) is 1. The monoisotopic (exact) mass is 291 g/mol. The molecule has 2 atom stereocenters. The lowest BCUT2D eigenvalue weighted by molar-refractivity contribution is 0.0276. The van der Waals surface area contributed by atoms with Crippen molar-refractivity contribution in [2.24, 2.45) is 0 Å². The fourth-order valence-electron chi connectivity index (χ4n) is 1.66. The largest absolute Gasteiger partial charge is 0.382 e. The van der Waals surface area contributed by atoms with Gasteiger partial charge in [0.2, 0.25) is 0 Å². The van der Waals surface area contributed by atoms with Crippen LogP contribution in [0.15, 0.2) is 18.2 Å². The van der Waals surface area contributed by atoms with Gasteiger partial charge in [-0.25, -0.2) is 0 Å². The lowest BCUT2D eigenvalue weighted by atomic mass is 10.1. The summed E-state index contributed by atoms with van der Waals surface area (Å²) in [5.74, 6) is 0. The molecule has 102 valence electrons. The van der Waals surface area contributed by atoms with Crippen LogP contribution in [-0.4, -0.2) is 33.5 Å². The fourth-order valence-corrected chi connectivity index (χ4v) is 2.12. The van der Waals surface area contributed by atoms with E-state index in [1.165, 1.54) is 0 Å². The molecule has 3 nitrogen and oxygen atoms in total. The van der Waals surface area contributed by atoms with E-state index in [-0.39, 0.29) is 12.1 Å². The van der Waals surface area contributed by atoms with Gasteiger partial charge in [-0.15, -0.1) is 0 Å². The minimum absolute atomic E-state index is 0.0235. The Morgan fingerprint density at radius 2 is 2.00 bits per heavy atom. The molecule has 0 aliphatic heterocycles. The maximum absolute atomic E-state index is 6.15. The Labute approximate surface area is 118 Å². The molecule has 2 unspecified atom stereocenters. The van der Waals surface area contributed by atoms with Crippen molar-refractivity contribution in [3.8, 4) is 0 Å². The highest BCUT2D eigenvalue weighted by molar-refractivity contribution is 6.33. The SMILES string of the molecule is COCC(CNC(C)c1cc(Cl)ccc1Cl)OC. The van der Waals surface area contributed by atoms with Gasteiger partial charge in [0.05, 0.1) is 12.7 Å². The molecule has 0 saturated carbocycles. The molecule has 1 rings (SSSR count). The van der Waals surface area contributed by atoms with Gasteiger partial charge in [-0.05, 0) is 30.7 Å². The number of methoxy groups -OCH3 is 2. The van der Waals surface area contributed by atoms with E-state index >= 15 is 0 Å². The molecule has 0 aliphatic carbocycles. The van der Waals surface area contributed by atoms with E-state index in [4.69, 9.17) is 32.7 Å². The molecule has 1 N–H and O–H groups in total. The molecule has 0 saturated heterocycles. The number of ether oxygens (including phenoxy) is 2. The third kappa shape index (κ3) is 4.75. The van der Waals surface area contributed by atoms with Gasteiger partial charge >= 0.3 is 0 Å². The summed E-state index contributed by atoms with van der Waals surface area (Å²) in [6.45, 7) is 3.28. The molecule has 0 aromatic heterocycles. The molecule has 1 aromatic rings. The molecule has 0 bridgehead atoms. The van der Waals surface area contributed by atoms with Gasteiger partial charge in [0, 0.05) is 36.9 Å². The van der Waals surface area contributed by atoms with Crippen LogP contribution < -0.4 is 5.32 Å². The summed E-state index contributed by atoms with van der Waals surface area (Å²) in [6, 6.07) is 5.56. The number of hydrogen-bond acceptors (Lipinski definition) is 3. The van der Waals surface area contributed by atoms with Crippen molar-refractivity contribution in [3.05, 3.63) is 33.8 Å². The second kappa shape index (κ2) is 7.97. The fraction of sp³-hybridized carbons (Fsp3) is 0.538. The molecule has 5 heteroatoms. The summed E-state index contributed by atoms with van der Waals surface area (Å²) in [6.07, 6.45) is 0.0235. The van der Waals surface area contributed by atoms with Crippen LogP contribution in [0, 0.1) is 0 Å². The van der Waals surface area contributed by atoms with E-state index < -0.39 is 0 Å². The number of nitrogens with one attached hydrogen (secondary N) is 1. The number of halogens is 2. The zero-order chi connectivity index (χ0) is 13.5. The average molecular weight is 292 g/mol. The Morgan fingerprint density at radius 1 is 1.28 bits per heavy atom. The van der Waals surface area contributed by atoms with Crippen molar-refractivity contribution in [2.45, 2.75) is 19.1 Å². The summed E-state index contributed by atoms with van der Waals surface area (Å²) in [5, 5.41) is 4.75. The van der Waals surface area contributed by atoms with Crippen molar-refractivity contribution in [2.75, 3.05) is 27.4 Å². The Kier molecular flexibility index (Phi) is 6.97. The smallest absolute Gasteiger partial charge is 0.0928 e. The minimum atomic E-state index is 0.0235. The van der Waals surface area contributed by atoms with Crippen molar-refractivity contribution in [3.63, 3.8) is 0 Å². The highest BCUT2D eigenvalue weighted by atomic mass is 35.5. The van der Waals surface area contributed by atoms with Crippen LogP contribution in [0.1, 0.15) is 18.5 Å². The first-order chi connectivity index (χ1) is 8.58. The Hall–Kier alpha value is -0.320. The first kappa shape index (κ1) is 15.7. The Balaban J connectivity index is 2.59. The van der Waals surface area contributed by atoms with Gasteiger partial charge < -0.3 is 14.8 Å². The molecule has 1 aromatic carbocycles. The van der Waals surface area contributed by atoms with E-state index in [2.05, 4.69) is 5.32 Å². The average Bonchev–Trinajstić information content (AvgIpc) is 2.37. The van der Waals surface area contributed by atoms with Crippen LogP contribution in [-0.2, 0) is 9.47 Å². The van der Waals surface area contributed by atoms with Crippen molar-refractivity contribution in [1.82, 2.24) is 5.32 Å². The normalized spacial score (nSPS) is 14.5. The number of benzene rings is 1. The molecular formula is C13H19Cl2NO2. The van der Waals surface area contributed by atoms with Gasteiger partial charge in [0.25, 0.3) is 0 Å². The third-order valence-corrected chi connectivity index (χ3v) is 3.34. The Bertz CT molecular complexity index is 374. The molecule has 0 radical (unpaired) electrons. The summed E-state index contributed by atoms with van der Waals surface area (Å²) in [5.41, 5.74) is 0.983. The van der Waals surface area contributed by atoms with Crippen LogP contribution in [0.3, 0.4) is 0 Å². The van der Waals surface area contributed by atoms with E-state index in [9.17, 15) is 0 Å². The van der Waals surface area contributed by atoms with Crippen LogP contribution >= 0.6 is 23.2 Å². The highest BCUT2D eigenvalue weighted by Gasteiger charge is 2.13. The molecular weight excluding hydrogens is 273 g/mol. The van der Waals surface area contributed by atoms with Crippen LogP contribution in [0.2, 0.25) is 10.0 Å². The molecule has 0 heterocycles. The molecule has 0 spiro atoms. The van der Waals surface area contributed by atoms with E-state index in [0.29, 0.717) is 23.2 Å². The Morgan fingerprint density at radius 3 is 2.61 bits per heavy atom. The van der Waals surface area contributed by atoms with Crippen LogP contribution in [0.4, 0.5) is 0 Å². The summed E-state index contributed by atoms with van der Waals surface area (Å²) in [4.78, 5) is 0. The van der Waals surface area contributed by atoms with Crippen LogP contribution in [0.25, 0.3) is 0 Å². The topological polar surface area (TPSA) is 30.5 Å². The summed E-state index contributed by atoms with van der Waals surface area (Å²) < 4.78 is 10.3. The molecule has 18 heavy (non-hydrogen) atoms. The zero-order valence-corrected chi connectivity index (χ0v) is 12.4. The minimum Gasteiger partial charge on any atom is -0.382 e. The van der Waals surface area contributed by atoms with E-state index in [1.54, 1.807) is 26.4 Å². The van der Waals surface area contributed by atoms with Gasteiger partial charge in [-0.1, -0.05) is 23.2 Å². The zero-order valence-electron chi connectivity index (χ0n) is 10.9. The first-order valence-electron chi connectivity index (χ1n) is 5.78. The summed E-state index contributed by atoms with van der Waals surface area (Å²) >= 11 is 12.1. The third-order valence-electron chi connectivity index (χ3n) is 2.76. The van der Waals surface area contributed by atoms with Crippen molar-refractivity contribution >= 4 is 23.2 Å². The molecule has 0 aliphatic rings. The van der Waals surface area contributed by atoms with Gasteiger partial charge in [0.15, 0.2) is 0 Å².